The van der Waals surface area contributed by atoms with E-state index in [4.69, 9.17) is 14.3 Å². The van der Waals surface area contributed by atoms with Crippen molar-refractivity contribution in [2.45, 2.75) is 26.2 Å². The van der Waals surface area contributed by atoms with Gasteiger partial charge in [-0.3, -0.25) is 0 Å². The van der Waals surface area contributed by atoms with Crippen molar-refractivity contribution in [2.75, 3.05) is 0 Å². The van der Waals surface area contributed by atoms with E-state index >= 15 is 0 Å². The third-order valence-electron chi connectivity index (χ3n) is 2.97. The Hall–Kier alpha value is -2.30. The Morgan fingerprint density at radius 2 is 2.11 bits per heavy atom. The molecule has 1 heterocycles. The van der Waals surface area contributed by atoms with Crippen molar-refractivity contribution in [3.05, 3.63) is 41.8 Å². The Morgan fingerprint density at radius 3 is 2.63 bits per heavy atom. The molecule has 0 bridgehead atoms. The molecule has 2 aromatic rings. The summed E-state index contributed by atoms with van der Waals surface area (Å²) < 4.78 is 10.3. The van der Waals surface area contributed by atoms with Crippen molar-refractivity contribution in [2.24, 2.45) is 0 Å². The zero-order valence-corrected chi connectivity index (χ0v) is 10.8. The average Bonchev–Trinajstić information content (AvgIpc) is 2.87. The van der Waals surface area contributed by atoms with Gasteiger partial charge in [-0.1, -0.05) is 26.0 Å². The molecular formula is C14H15NO4. The number of hydrogen-bond donors (Lipinski definition) is 1. The van der Waals surface area contributed by atoms with Gasteiger partial charge in [-0.15, -0.1) is 0 Å². The molecule has 19 heavy (non-hydrogen) atoms. The second-order valence-electron chi connectivity index (χ2n) is 4.28. The normalized spacial score (nSPS) is 12.1. The number of ether oxygens (including phenoxy) is 1. The summed E-state index contributed by atoms with van der Waals surface area (Å²) >= 11 is 0. The highest BCUT2D eigenvalue weighted by Gasteiger charge is 2.12. The molecule has 0 radical (unpaired) electrons. The van der Waals surface area contributed by atoms with Crippen LogP contribution in [0.25, 0.3) is 0 Å². The van der Waals surface area contributed by atoms with Gasteiger partial charge in [0.25, 0.3) is 0 Å². The fourth-order valence-corrected chi connectivity index (χ4v) is 1.60. The maximum absolute atomic E-state index is 10.6. The quantitative estimate of drug-likeness (QED) is 0.888. The molecule has 1 aromatic heterocycles. The van der Waals surface area contributed by atoms with Crippen LogP contribution in [0, 0.1) is 0 Å². The molecule has 1 unspecified atom stereocenters. The van der Waals surface area contributed by atoms with Gasteiger partial charge in [0.05, 0.1) is 0 Å². The van der Waals surface area contributed by atoms with E-state index in [2.05, 4.69) is 18.8 Å². The lowest BCUT2D eigenvalue weighted by Crippen LogP contribution is -1.96. The summed E-state index contributed by atoms with van der Waals surface area (Å²) in [5.74, 6) is -0.0917. The second-order valence-corrected chi connectivity index (χ2v) is 4.28. The third-order valence-corrected chi connectivity index (χ3v) is 2.97. The first-order chi connectivity index (χ1) is 9.10. The average molecular weight is 261 g/mol. The van der Waals surface area contributed by atoms with Gasteiger partial charge in [0, 0.05) is 0 Å². The predicted octanol–water partition coefficient (Wildman–Crippen LogP) is 3.68. The van der Waals surface area contributed by atoms with Crippen LogP contribution < -0.4 is 4.74 Å². The first kappa shape index (κ1) is 13.1. The van der Waals surface area contributed by atoms with Crippen molar-refractivity contribution in [3.63, 3.8) is 0 Å². The molecule has 1 aromatic carbocycles. The highest BCUT2D eigenvalue weighted by atomic mass is 16.6. The van der Waals surface area contributed by atoms with E-state index in [9.17, 15) is 4.79 Å². The van der Waals surface area contributed by atoms with E-state index in [-0.39, 0.29) is 11.8 Å². The highest BCUT2D eigenvalue weighted by molar-refractivity contribution is 5.84. The maximum atomic E-state index is 10.6. The number of carboxylic acid groups (broad SMARTS) is 1. The highest BCUT2D eigenvalue weighted by Crippen LogP contribution is 2.24. The summed E-state index contributed by atoms with van der Waals surface area (Å²) in [6, 6.07) is 7.58. The summed E-state index contributed by atoms with van der Waals surface area (Å²) in [5.41, 5.74) is 1.06. The van der Waals surface area contributed by atoms with Crippen LogP contribution in [0.4, 0.5) is 0 Å². The van der Waals surface area contributed by atoms with Gasteiger partial charge >= 0.3 is 12.0 Å². The summed E-state index contributed by atoms with van der Waals surface area (Å²) in [6.45, 7) is 4.29. The van der Waals surface area contributed by atoms with E-state index in [1.54, 1.807) is 0 Å². The molecule has 0 fully saturated rings. The number of oxazole rings is 1. The zero-order chi connectivity index (χ0) is 13.8. The van der Waals surface area contributed by atoms with E-state index in [0.29, 0.717) is 11.7 Å². The maximum Gasteiger partial charge on any atom is 0.399 e. The Morgan fingerprint density at radius 1 is 1.42 bits per heavy atom. The van der Waals surface area contributed by atoms with Crippen LogP contribution in [0.3, 0.4) is 0 Å². The summed E-state index contributed by atoms with van der Waals surface area (Å²) in [4.78, 5) is 14.3. The monoisotopic (exact) mass is 261 g/mol. The molecule has 5 nitrogen and oxygen atoms in total. The third kappa shape index (κ3) is 3.13. The van der Waals surface area contributed by atoms with Crippen LogP contribution in [0.1, 0.15) is 42.2 Å². The number of benzene rings is 1. The Labute approximate surface area is 110 Å². The van der Waals surface area contributed by atoms with Gasteiger partial charge in [0.2, 0.25) is 0 Å². The molecule has 100 valence electrons. The molecule has 0 aliphatic carbocycles. The van der Waals surface area contributed by atoms with Gasteiger partial charge in [0.1, 0.15) is 12.0 Å². The smallest absolute Gasteiger partial charge is 0.399 e. The molecule has 2 rings (SSSR count). The van der Waals surface area contributed by atoms with Crippen LogP contribution in [-0.2, 0) is 0 Å². The molecule has 1 atom stereocenters. The minimum Gasteiger partial charge on any atom is -0.476 e. The van der Waals surface area contributed by atoms with E-state index in [1.165, 1.54) is 5.56 Å². The second kappa shape index (κ2) is 5.56. The van der Waals surface area contributed by atoms with Gasteiger partial charge in [-0.25, -0.2) is 4.79 Å². The molecule has 0 saturated carbocycles. The zero-order valence-electron chi connectivity index (χ0n) is 10.8. The van der Waals surface area contributed by atoms with Crippen LogP contribution in [0.2, 0.25) is 0 Å². The molecule has 1 N–H and O–H groups in total. The number of rotatable bonds is 5. The SMILES string of the molecule is CCC(C)c1ccc(Oc2nc(C(=O)O)co2)cc1. The predicted molar refractivity (Wildman–Crippen MR) is 68.7 cm³/mol. The minimum atomic E-state index is -1.15. The standard InChI is InChI=1S/C14H15NO4/c1-3-9(2)10-4-6-11(7-5-10)19-14-15-12(8-18-14)13(16)17/h4-9H,3H2,1-2H3,(H,16,17). The van der Waals surface area contributed by atoms with Crippen LogP contribution in [-0.4, -0.2) is 16.1 Å². The van der Waals surface area contributed by atoms with E-state index < -0.39 is 5.97 Å². The number of aromatic nitrogens is 1. The van der Waals surface area contributed by atoms with Crippen LogP contribution in [0.5, 0.6) is 11.8 Å². The Balaban J connectivity index is 2.08. The van der Waals surface area contributed by atoms with Crippen molar-refractivity contribution < 1.29 is 19.1 Å². The number of carboxylic acids is 1. The molecule has 0 amide bonds. The molecular weight excluding hydrogens is 246 g/mol. The molecule has 0 spiro atoms. The lowest BCUT2D eigenvalue weighted by molar-refractivity contribution is 0.0690. The summed E-state index contributed by atoms with van der Waals surface area (Å²) in [7, 11) is 0. The van der Waals surface area contributed by atoms with Crippen LogP contribution >= 0.6 is 0 Å². The van der Waals surface area contributed by atoms with Gasteiger partial charge in [-0.2, -0.15) is 4.98 Å². The summed E-state index contributed by atoms with van der Waals surface area (Å²) in [6.07, 6.45) is 2.04. The fourth-order valence-electron chi connectivity index (χ4n) is 1.60. The number of nitrogens with zero attached hydrogens (tertiary/aromatic N) is 1. The van der Waals surface area contributed by atoms with Crippen molar-refractivity contribution in [3.8, 4) is 11.8 Å². The molecule has 0 aliphatic heterocycles. The number of carbonyl (C=O) groups is 1. The number of hydrogen-bond acceptors (Lipinski definition) is 4. The lowest BCUT2D eigenvalue weighted by Gasteiger charge is -2.09. The topological polar surface area (TPSA) is 72.6 Å². The van der Waals surface area contributed by atoms with Gasteiger partial charge in [0.15, 0.2) is 5.69 Å². The van der Waals surface area contributed by atoms with Gasteiger partial charge in [-0.05, 0) is 30.0 Å². The summed E-state index contributed by atoms with van der Waals surface area (Å²) in [5, 5.41) is 8.71. The van der Waals surface area contributed by atoms with Crippen LogP contribution in [0.15, 0.2) is 34.9 Å². The van der Waals surface area contributed by atoms with Crippen molar-refractivity contribution >= 4 is 5.97 Å². The number of aromatic carboxylic acids is 1. The minimum absolute atomic E-state index is 0.0753. The molecule has 0 saturated heterocycles. The van der Waals surface area contributed by atoms with Crippen molar-refractivity contribution in [1.29, 1.82) is 0 Å². The first-order valence-corrected chi connectivity index (χ1v) is 6.06. The fraction of sp³-hybridized carbons (Fsp3) is 0.286. The van der Waals surface area contributed by atoms with Gasteiger partial charge < -0.3 is 14.3 Å². The lowest BCUT2D eigenvalue weighted by atomic mass is 9.99. The first-order valence-electron chi connectivity index (χ1n) is 6.06. The Kier molecular flexibility index (Phi) is 3.85. The van der Waals surface area contributed by atoms with E-state index in [1.807, 2.05) is 24.3 Å². The van der Waals surface area contributed by atoms with Crippen molar-refractivity contribution in [1.82, 2.24) is 4.98 Å². The van der Waals surface area contributed by atoms with E-state index in [0.717, 1.165) is 12.7 Å². The molecule has 0 aliphatic rings. The molecule has 5 heteroatoms. The largest absolute Gasteiger partial charge is 0.476 e. The Bertz CT molecular complexity index is 559.